The maximum Gasteiger partial charge on any atom is 0.173 e. The molecule has 0 bridgehead atoms. The largest absolute Gasteiger partial charge is 0.490 e. The third-order valence-electron chi connectivity index (χ3n) is 4.27. The summed E-state index contributed by atoms with van der Waals surface area (Å²) in [7, 11) is 0. The van der Waals surface area contributed by atoms with Gasteiger partial charge in [-0.15, -0.1) is 0 Å². The van der Waals surface area contributed by atoms with Crippen LogP contribution in [-0.4, -0.2) is 29.8 Å². The van der Waals surface area contributed by atoms with Crippen molar-refractivity contribution in [3.05, 3.63) is 52.5 Å². The lowest BCUT2D eigenvalue weighted by atomic mass is 10.2. The lowest BCUT2D eigenvalue weighted by Crippen LogP contribution is -2.35. The van der Waals surface area contributed by atoms with Crippen molar-refractivity contribution in [2.45, 2.75) is 40.7 Å². The van der Waals surface area contributed by atoms with Gasteiger partial charge in [0.15, 0.2) is 16.6 Å². The second-order valence-corrected chi connectivity index (χ2v) is 7.21. The van der Waals surface area contributed by atoms with E-state index in [1.54, 1.807) is 0 Å². The first-order valence-corrected chi connectivity index (χ1v) is 10.5. The monoisotopic (exact) mass is 420 g/mol. The average Bonchev–Trinajstić information content (AvgIpc) is 2.67. The summed E-state index contributed by atoms with van der Waals surface area (Å²) in [6, 6.07) is 11.8. The smallest absolute Gasteiger partial charge is 0.173 e. The Hall–Kier alpha value is -1.98. The second-order valence-electron chi connectivity index (χ2n) is 6.41. The van der Waals surface area contributed by atoms with Gasteiger partial charge in [0, 0.05) is 23.8 Å². The lowest BCUT2D eigenvalue weighted by Gasteiger charge is -2.26. The molecule has 2 rings (SSSR count). The average molecular weight is 421 g/mol. The maximum atomic E-state index is 6.23. The number of ether oxygens (including phenoxy) is 2. The molecule has 0 saturated heterocycles. The third kappa shape index (κ3) is 6.01. The Labute approximate surface area is 178 Å². The molecule has 4 nitrogen and oxygen atoms in total. The van der Waals surface area contributed by atoms with E-state index < -0.39 is 0 Å². The fourth-order valence-corrected chi connectivity index (χ4v) is 3.31. The Morgan fingerprint density at radius 3 is 2.46 bits per heavy atom. The minimum Gasteiger partial charge on any atom is -0.490 e. The van der Waals surface area contributed by atoms with Crippen molar-refractivity contribution in [2.24, 2.45) is 0 Å². The van der Waals surface area contributed by atoms with E-state index >= 15 is 0 Å². The van der Waals surface area contributed by atoms with Crippen molar-refractivity contribution >= 4 is 34.6 Å². The molecular weight excluding hydrogens is 392 g/mol. The molecule has 0 aliphatic heterocycles. The Balaban J connectivity index is 2.18. The molecule has 28 heavy (non-hydrogen) atoms. The van der Waals surface area contributed by atoms with Crippen LogP contribution in [0.1, 0.15) is 38.3 Å². The summed E-state index contributed by atoms with van der Waals surface area (Å²) >= 11 is 11.9. The highest BCUT2D eigenvalue weighted by atomic mass is 35.5. The Morgan fingerprint density at radius 2 is 1.79 bits per heavy atom. The standard InChI is InChI=1S/C22H29ClN2O2S/c1-5-13-25(22(28)24-19-10-8-9-18(23)16(19)4)15-17-11-12-20(26-6-2)21(14-17)27-7-3/h8-12,14H,5-7,13,15H2,1-4H3,(H,24,28). The molecule has 0 aliphatic carbocycles. The van der Waals surface area contributed by atoms with Gasteiger partial charge in [-0.1, -0.05) is 30.7 Å². The number of nitrogens with zero attached hydrogens (tertiary/aromatic N) is 1. The highest BCUT2D eigenvalue weighted by Crippen LogP contribution is 2.29. The van der Waals surface area contributed by atoms with Crippen molar-refractivity contribution in [3.8, 4) is 11.5 Å². The molecule has 2 aromatic carbocycles. The normalized spacial score (nSPS) is 10.5. The first kappa shape index (κ1) is 22.3. The minimum absolute atomic E-state index is 0.593. The Bertz CT molecular complexity index is 798. The second kappa shape index (κ2) is 11.1. The van der Waals surface area contributed by atoms with Gasteiger partial charge in [-0.05, 0) is 74.8 Å². The van der Waals surface area contributed by atoms with E-state index in [0.717, 1.165) is 46.3 Å². The summed E-state index contributed by atoms with van der Waals surface area (Å²) in [6.07, 6.45) is 0.992. The van der Waals surface area contributed by atoms with Crippen LogP contribution in [0, 0.1) is 6.92 Å². The van der Waals surface area contributed by atoms with Gasteiger partial charge in [-0.2, -0.15) is 0 Å². The molecule has 0 atom stereocenters. The summed E-state index contributed by atoms with van der Waals surface area (Å²) in [4.78, 5) is 2.15. The number of rotatable bonds is 9. The van der Waals surface area contributed by atoms with Crippen molar-refractivity contribution in [1.29, 1.82) is 0 Å². The number of hydrogen-bond acceptors (Lipinski definition) is 3. The SMILES string of the molecule is CCCN(Cc1ccc(OCC)c(OCC)c1)C(=S)Nc1cccc(Cl)c1C. The fourth-order valence-electron chi connectivity index (χ4n) is 2.87. The molecule has 2 aromatic rings. The molecule has 0 amide bonds. The van der Waals surface area contributed by atoms with E-state index in [1.165, 1.54) is 0 Å². The lowest BCUT2D eigenvalue weighted by molar-refractivity contribution is 0.287. The van der Waals surface area contributed by atoms with E-state index in [9.17, 15) is 0 Å². The summed E-state index contributed by atoms with van der Waals surface area (Å²) < 4.78 is 11.4. The molecule has 0 aromatic heterocycles. The topological polar surface area (TPSA) is 33.7 Å². The van der Waals surface area contributed by atoms with E-state index in [2.05, 4.69) is 23.2 Å². The number of hydrogen-bond donors (Lipinski definition) is 1. The molecule has 0 fully saturated rings. The van der Waals surface area contributed by atoms with Crippen molar-refractivity contribution < 1.29 is 9.47 Å². The molecule has 0 saturated carbocycles. The Morgan fingerprint density at radius 1 is 1.07 bits per heavy atom. The summed E-state index contributed by atoms with van der Waals surface area (Å²) in [6.45, 7) is 10.8. The van der Waals surface area contributed by atoms with Gasteiger partial charge < -0.3 is 19.7 Å². The number of benzene rings is 2. The van der Waals surface area contributed by atoms with Crippen molar-refractivity contribution in [3.63, 3.8) is 0 Å². The number of halogens is 1. The van der Waals surface area contributed by atoms with Gasteiger partial charge >= 0.3 is 0 Å². The van der Waals surface area contributed by atoms with Crippen LogP contribution in [0.15, 0.2) is 36.4 Å². The van der Waals surface area contributed by atoms with Crippen molar-refractivity contribution in [1.82, 2.24) is 4.90 Å². The first-order chi connectivity index (χ1) is 13.5. The third-order valence-corrected chi connectivity index (χ3v) is 5.04. The summed E-state index contributed by atoms with van der Waals surface area (Å²) in [5.74, 6) is 1.54. The summed E-state index contributed by atoms with van der Waals surface area (Å²) in [5.41, 5.74) is 3.04. The van der Waals surface area contributed by atoms with Gasteiger partial charge in [0.05, 0.1) is 13.2 Å². The van der Waals surface area contributed by atoms with Crippen molar-refractivity contribution in [2.75, 3.05) is 25.1 Å². The molecule has 0 aliphatic rings. The highest BCUT2D eigenvalue weighted by Gasteiger charge is 2.14. The summed E-state index contributed by atoms with van der Waals surface area (Å²) in [5, 5.41) is 4.75. The zero-order chi connectivity index (χ0) is 20.5. The predicted octanol–water partition coefficient (Wildman–Crippen LogP) is 6.05. The zero-order valence-electron chi connectivity index (χ0n) is 17.0. The minimum atomic E-state index is 0.593. The molecule has 0 radical (unpaired) electrons. The molecule has 152 valence electrons. The highest BCUT2D eigenvalue weighted by molar-refractivity contribution is 7.80. The van der Waals surface area contributed by atoms with Gasteiger partial charge in [-0.3, -0.25) is 0 Å². The molecule has 0 spiro atoms. The number of nitrogens with one attached hydrogen (secondary N) is 1. The number of thiocarbonyl (C=S) groups is 1. The van der Waals surface area contributed by atoms with Gasteiger partial charge in [0.1, 0.15) is 0 Å². The van der Waals surface area contributed by atoms with Gasteiger partial charge in [0.25, 0.3) is 0 Å². The molecule has 6 heteroatoms. The van der Waals surface area contributed by atoms with E-state index in [-0.39, 0.29) is 0 Å². The maximum absolute atomic E-state index is 6.23. The van der Waals surface area contributed by atoms with Crippen LogP contribution < -0.4 is 14.8 Å². The van der Waals surface area contributed by atoms with E-state index in [4.69, 9.17) is 33.3 Å². The van der Waals surface area contributed by atoms with Gasteiger partial charge in [0.2, 0.25) is 0 Å². The molecule has 0 heterocycles. The molecular formula is C22H29ClN2O2S. The van der Waals surface area contributed by atoms with Crippen LogP contribution in [0.2, 0.25) is 5.02 Å². The van der Waals surface area contributed by atoms with E-state index in [0.29, 0.717) is 24.9 Å². The van der Waals surface area contributed by atoms with E-state index in [1.807, 2.05) is 51.1 Å². The zero-order valence-corrected chi connectivity index (χ0v) is 18.6. The van der Waals surface area contributed by atoms with Crippen LogP contribution in [0.5, 0.6) is 11.5 Å². The number of anilines is 1. The first-order valence-electron chi connectivity index (χ1n) is 9.69. The van der Waals surface area contributed by atoms with Crippen LogP contribution in [0.3, 0.4) is 0 Å². The quantitative estimate of drug-likeness (QED) is 0.499. The van der Waals surface area contributed by atoms with Crippen LogP contribution in [0.25, 0.3) is 0 Å². The molecule has 0 unspecified atom stereocenters. The van der Waals surface area contributed by atoms with Crippen LogP contribution in [0.4, 0.5) is 5.69 Å². The van der Waals surface area contributed by atoms with Crippen LogP contribution >= 0.6 is 23.8 Å². The van der Waals surface area contributed by atoms with Gasteiger partial charge in [-0.25, -0.2) is 0 Å². The Kier molecular flexibility index (Phi) is 8.87. The molecule has 1 N–H and O–H groups in total. The predicted molar refractivity (Wildman–Crippen MR) is 122 cm³/mol. The van der Waals surface area contributed by atoms with Crippen LogP contribution in [-0.2, 0) is 6.54 Å². The fraction of sp³-hybridized carbons (Fsp3) is 0.409.